The molecular formula is C21H15ClFN3O4S. The summed E-state index contributed by atoms with van der Waals surface area (Å²) in [7, 11) is 0. The highest BCUT2D eigenvalue weighted by Gasteiger charge is 2.18. The average molecular weight is 460 g/mol. The largest absolute Gasteiger partial charge is 0.454 e. The van der Waals surface area contributed by atoms with E-state index >= 15 is 0 Å². The van der Waals surface area contributed by atoms with E-state index in [-0.39, 0.29) is 34.7 Å². The fraction of sp³-hybridized carbons (Fsp3) is 0.0952. The molecule has 1 aromatic heterocycles. The lowest BCUT2D eigenvalue weighted by Crippen LogP contribution is -2.17. The van der Waals surface area contributed by atoms with Gasteiger partial charge >= 0.3 is 0 Å². The van der Waals surface area contributed by atoms with Crippen LogP contribution >= 0.6 is 23.4 Å². The van der Waals surface area contributed by atoms with Crippen LogP contribution in [0.5, 0.6) is 11.5 Å². The second kappa shape index (κ2) is 9.23. The molecule has 2 aromatic carbocycles. The molecule has 158 valence electrons. The Bertz CT molecular complexity index is 1160. The number of aromatic nitrogens is 1. The van der Waals surface area contributed by atoms with E-state index in [1.807, 2.05) is 0 Å². The van der Waals surface area contributed by atoms with E-state index in [1.54, 1.807) is 30.3 Å². The number of anilines is 2. The van der Waals surface area contributed by atoms with E-state index in [9.17, 15) is 14.0 Å². The van der Waals surface area contributed by atoms with Crippen molar-refractivity contribution in [1.29, 1.82) is 0 Å². The Hall–Kier alpha value is -3.30. The first kappa shape index (κ1) is 21.0. The Balaban J connectivity index is 1.40. The highest BCUT2D eigenvalue weighted by molar-refractivity contribution is 8.00. The predicted molar refractivity (Wildman–Crippen MR) is 116 cm³/mol. The number of ether oxygens (including phenoxy) is 2. The number of carbonyl (C=O) groups is 2. The fourth-order valence-corrected chi connectivity index (χ4v) is 3.74. The molecule has 0 atom stereocenters. The summed E-state index contributed by atoms with van der Waals surface area (Å²) in [5.74, 6) is -0.388. The molecule has 10 heteroatoms. The molecule has 31 heavy (non-hydrogen) atoms. The molecule has 2 N–H and O–H groups in total. The standard InChI is InChI=1S/C21H15ClFN3O4S/c22-14-4-1-5-15(19(14)23)26-20(28)13-3-2-8-24-21(13)31-10-18(27)25-12-6-7-16-17(9-12)30-11-29-16/h1-9H,10-11H2,(H,25,27)(H,26,28). The van der Waals surface area contributed by atoms with Gasteiger partial charge in [-0.3, -0.25) is 9.59 Å². The van der Waals surface area contributed by atoms with Crippen molar-refractivity contribution < 1.29 is 23.5 Å². The third kappa shape index (κ3) is 4.89. The van der Waals surface area contributed by atoms with Crippen LogP contribution in [0.3, 0.4) is 0 Å². The van der Waals surface area contributed by atoms with Gasteiger partial charge in [-0.25, -0.2) is 9.37 Å². The van der Waals surface area contributed by atoms with Crippen molar-refractivity contribution in [1.82, 2.24) is 4.98 Å². The molecule has 4 rings (SSSR count). The number of thioether (sulfide) groups is 1. The number of pyridine rings is 1. The topological polar surface area (TPSA) is 89.6 Å². The summed E-state index contributed by atoms with van der Waals surface area (Å²) < 4.78 is 24.6. The highest BCUT2D eigenvalue weighted by Crippen LogP contribution is 2.34. The minimum atomic E-state index is -0.723. The molecule has 3 aromatic rings. The zero-order valence-electron chi connectivity index (χ0n) is 15.9. The molecular weight excluding hydrogens is 445 g/mol. The van der Waals surface area contributed by atoms with E-state index in [0.717, 1.165) is 11.8 Å². The van der Waals surface area contributed by atoms with Gasteiger partial charge in [0.25, 0.3) is 5.91 Å². The van der Waals surface area contributed by atoms with Crippen LogP contribution in [-0.4, -0.2) is 29.3 Å². The summed E-state index contributed by atoms with van der Waals surface area (Å²) in [5, 5.41) is 5.48. The summed E-state index contributed by atoms with van der Waals surface area (Å²) >= 11 is 6.84. The summed E-state index contributed by atoms with van der Waals surface area (Å²) in [4.78, 5) is 29.2. The number of carbonyl (C=O) groups excluding carboxylic acids is 2. The number of halogens is 2. The minimum Gasteiger partial charge on any atom is -0.454 e. The van der Waals surface area contributed by atoms with Crippen LogP contribution in [0.4, 0.5) is 15.8 Å². The Morgan fingerprint density at radius 2 is 1.94 bits per heavy atom. The number of rotatable bonds is 6. The van der Waals surface area contributed by atoms with E-state index in [2.05, 4.69) is 15.6 Å². The lowest BCUT2D eigenvalue weighted by atomic mass is 10.2. The zero-order valence-corrected chi connectivity index (χ0v) is 17.4. The number of nitrogens with one attached hydrogen (secondary N) is 2. The summed E-state index contributed by atoms with van der Waals surface area (Å²) in [6.45, 7) is 0.145. The van der Waals surface area contributed by atoms with E-state index in [1.165, 1.54) is 24.4 Å². The van der Waals surface area contributed by atoms with E-state index < -0.39 is 11.7 Å². The fourth-order valence-electron chi connectivity index (χ4n) is 2.77. The van der Waals surface area contributed by atoms with Crippen molar-refractivity contribution in [2.45, 2.75) is 5.03 Å². The van der Waals surface area contributed by atoms with Crippen LogP contribution < -0.4 is 20.1 Å². The molecule has 7 nitrogen and oxygen atoms in total. The van der Waals surface area contributed by atoms with Crippen molar-refractivity contribution in [3.05, 3.63) is 71.1 Å². The number of amides is 2. The summed E-state index contributed by atoms with van der Waals surface area (Å²) in [6, 6.07) is 12.5. The van der Waals surface area contributed by atoms with Gasteiger partial charge in [-0.05, 0) is 36.4 Å². The smallest absolute Gasteiger partial charge is 0.258 e. The highest BCUT2D eigenvalue weighted by atomic mass is 35.5. The van der Waals surface area contributed by atoms with Crippen molar-refractivity contribution in [3.8, 4) is 11.5 Å². The zero-order chi connectivity index (χ0) is 21.8. The second-order valence-electron chi connectivity index (χ2n) is 6.32. The predicted octanol–water partition coefficient (Wildman–Crippen LogP) is 4.59. The molecule has 2 heterocycles. The number of hydrogen-bond donors (Lipinski definition) is 2. The first-order valence-electron chi connectivity index (χ1n) is 9.04. The molecule has 0 fully saturated rings. The van der Waals surface area contributed by atoms with Crippen molar-refractivity contribution in [3.63, 3.8) is 0 Å². The van der Waals surface area contributed by atoms with Gasteiger partial charge in [0.15, 0.2) is 17.3 Å². The van der Waals surface area contributed by atoms with E-state index in [0.29, 0.717) is 22.2 Å². The van der Waals surface area contributed by atoms with Gasteiger partial charge in [-0.2, -0.15) is 0 Å². The van der Waals surface area contributed by atoms with Crippen LogP contribution in [0.15, 0.2) is 59.8 Å². The van der Waals surface area contributed by atoms with Gasteiger partial charge in [0.1, 0.15) is 5.03 Å². The van der Waals surface area contributed by atoms with Crippen LogP contribution in [0.25, 0.3) is 0 Å². The normalized spacial score (nSPS) is 11.8. The number of nitrogens with zero attached hydrogens (tertiary/aromatic N) is 1. The lowest BCUT2D eigenvalue weighted by molar-refractivity contribution is -0.113. The van der Waals surface area contributed by atoms with Crippen LogP contribution in [0.2, 0.25) is 5.02 Å². The maximum atomic E-state index is 14.1. The van der Waals surface area contributed by atoms with Gasteiger partial charge in [-0.1, -0.05) is 29.4 Å². The molecule has 1 aliphatic heterocycles. The molecule has 0 aliphatic carbocycles. The van der Waals surface area contributed by atoms with Crippen LogP contribution in [-0.2, 0) is 4.79 Å². The monoisotopic (exact) mass is 459 g/mol. The SMILES string of the molecule is O=C(CSc1ncccc1C(=O)Nc1cccc(Cl)c1F)Nc1ccc2c(c1)OCO2. The molecule has 2 amide bonds. The number of hydrogen-bond acceptors (Lipinski definition) is 6. The molecule has 0 radical (unpaired) electrons. The molecule has 0 spiro atoms. The maximum absolute atomic E-state index is 14.1. The number of fused-ring (bicyclic) bond motifs is 1. The van der Waals surface area contributed by atoms with E-state index in [4.69, 9.17) is 21.1 Å². The molecule has 1 aliphatic rings. The molecule has 0 unspecified atom stereocenters. The Labute approximate surface area is 185 Å². The first-order chi connectivity index (χ1) is 15.0. The Kier molecular flexibility index (Phi) is 6.24. The van der Waals surface area contributed by atoms with Crippen molar-refractivity contribution in [2.75, 3.05) is 23.2 Å². The van der Waals surface area contributed by atoms with Crippen LogP contribution in [0.1, 0.15) is 10.4 Å². The quantitative estimate of drug-likeness (QED) is 0.524. The molecule has 0 saturated heterocycles. The Morgan fingerprint density at radius 3 is 2.81 bits per heavy atom. The third-order valence-corrected chi connectivity index (χ3v) is 5.51. The van der Waals surface area contributed by atoms with Gasteiger partial charge in [0.05, 0.1) is 22.0 Å². The second-order valence-corrected chi connectivity index (χ2v) is 7.69. The van der Waals surface area contributed by atoms with Crippen molar-refractivity contribution in [2.24, 2.45) is 0 Å². The minimum absolute atomic E-state index is 0.0112. The summed E-state index contributed by atoms with van der Waals surface area (Å²) in [6.07, 6.45) is 1.51. The van der Waals surface area contributed by atoms with Crippen molar-refractivity contribution >= 4 is 46.6 Å². The van der Waals surface area contributed by atoms with Gasteiger partial charge in [0.2, 0.25) is 12.7 Å². The average Bonchev–Trinajstić information content (AvgIpc) is 3.23. The maximum Gasteiger partial charge on any atom is 0.258 e. The third-order valence-electron chi connectivity index (χ3n) is 4.21. The summed E-state index contributed by atoms with van der Waals surface area (Å²) in [5.41, 5.74) is 0.728. The molecule has 0 bridgehead atoms. The van der Waals surface area contributed by atoms with Gasteiger partial charge in [0, 0.05) is 18.0 Å². The van der Waals surface area contributed by atoms with Gasteiger partial charge < -0.3 is 20.1 Å². The molecule has 0 saturated carbocycles. The number of benzene rings is 2. The Morgan fingerprint density at radius 1 is 1.10 bits per heavy atom. The lowest BCUT2D eigenvalue weighted by Gasteiger charge is -2.10. The first-order valence-corrected chi connectivity index (χ1v) is 10.4. The van der Waals surface area contributed by atoms with Crippen LogP contribution in [0, 0.1) is 5.82 Å². The van der Waals surface area contributed by atoms with Gasteiger partial charge in [-0.15, -0.1) is 0 Å².